The van der Waals surface area contributed by atoms with Gasteiger partial charge in [-0.15, -0.1) is 0 Å². The van der Waals surface area contributed by atoms with Crippen molar-refractivity contribution in [1.29, 1.82) is 0 Å². The van der Waals surface area contributed by atoms with Gasteiger partial charge in [-0.05, 0) is 49.5 Å². The fraction of sp³-hybridized carbons (Fsp3) is 0.448. The number of carboxylic acid groups (broad SMARTS) is 1. The molecular weight excluding hydrogens is 459 g/mol. The molecule has 1 fully saturated rings. The fourth-order valence-electron chi connectivity index (χ4n) is 5.26. The van der Waals surface area contributed by atoms with E-state index in [-0.39, 0.29) is 24.1 Å². The molecule has 0 atom stereocenters. The number of nitrogens with zero attached hydrogens (tertiary/aromatic N) is 2. The molecule has 36 heavy (non-hydrogen) atoms. The Kier molecular flexibility index (Phi) is 8.41. The van der Waals surface area contributed by atoms with Crippen LogP contribution in [0.1, 0.15) is 51.1 Å². The highest BCUT2D eigenvalue weighted by atomic mass is 19.1. The molecular formula is C29H35FN2O4. The predicted molar refractivity (Wildman–Crippen MR) is 138 cm³/mol. The van der Waals surface area contributed by atoms with Crippen molar-refractivity contribution >= 4 is 5.97 Å². The Bertz CT molecular complexity index is 1170. The topological polar surface area (TPSA) is 73.6 Å². The van der Waals surface area contributed by atoms with Crippen molar-refractivity contribution in [2.45, 2.75) is 52.0 Å². The van der Waals surface area contributed by atoms with E-state index in [1.165, 1.54) is 7.11 Å². The third kappa shape index (κ3) is 5.78. The molecule has 3 aromatic rings. The van der Waals surface area contributed by atoms with Crippen LogP contribution in [0.5, 0.6) is 5.75 Å². The highest BCUT2D eigenvalue weighted by Gasteiger charge is 2.28. The Morgan fingerprint density at radius 1 is 1.08 bits per heavy atom. The maximum atomic E-state index is 15.5. The minimum atomic E-state index is -0.930. The van der Waals surface area contributed by atoms with Crippen LogP contribution in [0.3, 0.4) is 0 Å². The van der Waals surface area contributed by atoms with E-state index in [9.17, 15) is 4.79 Å². The standard InChI is InChI=1S/C29H35FN2O4/c1-19(2)29-26(23-10-7-11-24(35-3)27(23)30)28(22-8-5-4-6-9-22)31-32(29)16-20-12-14-21(15-13-20)17-36-18-25(33)34/h4-11,19-21H,12-18H2,1-3H3,(H,33,34)/t20-,21+. The Morgan fingerprint density at radius 2 is 1.78 bits per heavy atom. The van der Waals surface area contributed by atoms with Gasteiger partial charge in [-0.2, -0.15) is 5.10 Å². The Labute approximate surface area is 212 Å². The number of benzene rings is 2. The molecule has 192 valence electrons. The lowest BCUT2D eigenvalue weighted by Crippen LogP contribution is -2.24. The van der Waals surface area contributed by atoms with Crippen LogP contribution in [0.2, 0.25) is 0 Å². The first-order valence-electron chi connectivity index (χ1n) is 12.7. The van der Waals surface area contributed by atoms with Gasteiger partial charge in [0.1, 0.15) is 12.3 Å². The van der Waals surface area contributed by atoms with Crippen LogP contribution in [-0.2, 0) is 16.1 Å². The van der Waals surface area contributed by atoms with Crippen molar-refractivity contribution < 1.29 is 23.8 Å². The van der Waals surface area contributed by atoms with Gasteiger partial charge in [0.2, 0.25) is 0 Å². The van der Waals surface area contributed by atoms with Gasteiger partial charge in [0.25, 0.3) is 0 Å². The summed E-state index contributed by atoms with van der Waals surface area (Å²) in [6, 6.07) is 15.2. The van der Waals surface area contributed by atoms with Crippen LogP contribution >= 0.6 is 0 Å². The molecule has 2 aromatic carbocycles. The summed E-state index contributed by atoms with van der Waals surface area (Å²) in [7, 11) is 1.48. The number of carbonyl (C=O) groups is 1. The Balaban J connectivity index is 1.66. The van der Waals surface area contributed by atoms with Gasteiger partial charge in [0, 0.05) is 28.9 Å². The molecule has 0 radical (unpaired) electrons. The van der Waals surface area contributed by atoms with Gasteiger partial charge in [0.05, 0.1) is 13.7 Å². The third-order valence-electron chi connectivity index (χ3n) is 7.01. The highest BCUT2D eigenvalue weighted by molar-refractivity contribution is 5.84. The van der Waals surface area contributed by atoms with Crippen LogP contribution in [0.15, 0.2) is 48.5 Å². The second kappa shape index (κ2) is 11.7. The van der Waals surface area contributed by atoms with Gasteiger partial charge in [-0.1, -0.05) is 56.3 Å². The third-order valence-corrected chi connectivity index (χ3v) is 7.01. The Hall–Kier alpha value is -3.19. The summed E-state index contributed by atoms with van der Waals surface area (Å²) in [6.45, 7) is 5.27. The maximum Gasteiger partial charge on any atom is 0.329 e. The summed E-state index contributed by atoms with van der Waals surface area (Å²) in [4.78, 5) is 10.7. The van der Waals surface area contributed by atoms with E-state index >= 15 is 4.39 Å². The number of rotatable bonds is 10. The van der Waals surface area contributed by atoms with E-state index in [0.29, 0.717) is 24.0 Å². The highest BCUT2D eigenvalue weighted by Crippen LogP contribution is 2.42. The minimum absolute atomic E-state index is 0.135. The number of ether oxygens (including phenoxy) is 2. The molecule has 7 heteroatoms. The van der Waals surface area contributed by atoms with Crippen molar-refractivity contribution in [3.63, 3.8) is 0 Å². The summed E-state index contributed by atoms with van der Waals surface area (Å²) < 4.78 is 28.3. The predicted octanol–water partition coefficient (Wildman–Crippen LogP) is 6.40. The van der Waals surface area contributed by atoms with E-state index < -0.39 is 5.97 Å². The van der Waals surface area contributed by atoms with E-state index in [1.807, 2.05) is 36.4 Å². The number of carboxylic acids is 1. The SMILES string of the molecule is COc1cccc(-c2c(-c3ccccc3)nn(C[C@H]3CC[C@@H](COCC(=O)O)CC3)c2C(C)C)c1F. The number of aromatic nitrogens is 2. The molecule has 1 aliphatic carbocycles. The molecule has 1 saturated carbocycles. The summed E-state index contributed by atoms with van der Waals surface area (Å²) in [5.74, 6) is -0.107. The van der Waals surface area contributed by atoms with E-state index in [4.69, 9.17) is 19.7 Å². The van der Waals surface area contributed by atoms with Crippen molar-refractivity contribution in [1.82, 2.24) is 9.78 Å². The second-order valence-electron chi connectivity index (χ2n) is 9.93. The lowest BCUT2D eigenvalue weighted by molar-refractivity contribution is -0.142. The smallest absolute Gasteiger partial charge is 0.329 e. The van der Waals surface area contributed by atoms with Crippen LogP contribution < -0.4 is 4.74 Å². The maximum absolute atomic E-state index is 15.5. The monoisotopic (exact) mass is 494 g/mol. The zero-order chi connectivity index (χ0) is 25.7. The van der Waals surface area contributed by atoms with Gasteiger partial charge in [0.15, 0.2) is 11.6 Å². The number of aliphatic carboxylic acids is 1. The zero-order valence-corrected chi connectivity index (χ0v) is 21.2. The average Bonchev–Trinajstić information content (AvgIpc) is 3.24. The van der Waals surface area contributed by atoms with Crippen molar-refractivity contribution in [2.24, 2.45) is 11.8 Å². The molecule has 1 aromatic heterocycles. The molecule has 1 aliphatic rings. The molecule has 1 N–H and O–H groups in total. The summed E-state index contributed by atoms with van der Waals surface area (Å²) in [5.41, 5.74) is 4.08. The second-order valence-corrected chi connectivity index (χ2v) is 9.93. The number of hydrogen-bond acceptors (Lipinski definition) is 4. The van der Waals surface area contributed by atoms with E-state index in [1.54, 1.807) is 12.1 Å². The molecule has 6 nitrogen and oxygen atoms in total. The summed E-state index contributed by atoms with van der Waals surface area (Å²) in [6.07, 6.45) is 4.07. The van der Waals surface area contributed by atoms with Crippen molar-refractivity contribution in [3.05, 3.63) is 60.0 Å². The van der Waals surface area contributed by atoms with Crippen LogP contribution in [0.25, 0.3) is 22.4 Å². The van der Waals surface area contributed by atoms with Crippen LogP contribution in [0.4, 0.5) is 4.39 Å². The number of hydrogen-bond donors (Lipinski definition) is 1. The van der Waals surface area contributed by atoms with Crippen molar-refractivity contribution in [2.75, 3.05) is 20.3 Å². The number of halogens is 1. The van der Waals surface area contributed by atoms with Crippen LogP contribution in [0, 0.1) is 17.7 Å². The van der Waals surface area contributed by atoms with E-state index in [2.05, 4.69) is 18.5 Å². The van der Waals surface area contributed by atoms with Crippen molar-refractivity contribution in [3.8, 4) is 28.1 Å². The lowest BCUT2D eigenvalue weighted by atomic mass is 9.82. The normalized spacial score (nSPS) is 17.9. The number of methoxy groups -OCH3 is 1. The lowest BCUT2D eigenvalue weighted by Gasteiger charge is -2.29. The quantitative estimate of drug-likeness (QED) is 0.353. The molecule has 0 spiro atoms. The molecule has 0 saturated heterocycles. The zero-order valence-electron chi connectivity index (χ0n) is 21.2. The molecule has 4 rings (SSSR count). The van der Waals surface area contributed by atoms with Gasteiger partial charge in [-0.3, -0.25) is 4.68 Å². The molecule has 1 heterocycles. The first kappa shape index (κ1) is 25.9. The first-order valence-corrected chi connectivity index (χ1v) is 12.7. The average molecular weight is 495 g/mol. The molecule has 0 aliphatic heterocycles. The van der Waals surface area contributed by atoms with E-state index in [0.717, 1.165) is 54.7 Å². The molecule has 0 amide bonds. The van der Waals surface area contributed by atoms with Gasteiger partial charge < -0.3 is 14.6 Å². The molecule has 0 bridgehead atoms. The van der Waals surface area contributed by atoms with Gasteiger partial charge >= 0.3 is 5.97 Å². The largest absolute Gasteiger partial charge is 0.494 e. The summed E-state index contributed by atoms with van der Waals surface area (Å²) >= 11 is 0. The first-order chi connectivity index (χ1) is 17.4. The fourth-order valence-corrected chi connectivity index (χ4v) is 5.26. The van der Waals surface area contributed by atoms with Crippen LogP contribution in [-0.4, -0.2) is 41.2 Å². The Morgan fingerprint density at radius 3 is 2.42 bits per heavy atom. The summed E-state index contributed by atoms with van der Waals surface area (Å²) in [5, 5.41) is 13.9. The molecule has 0 unspecified atom stereocenters. The minimum Gasteiger partial charge on any atom is -0.494 e. The van der Waals surface area contributed by atoms with Gasteiger partial charge in [-0.25, -0.2) is 9.18 Å².